The molecule has 4 heteroatoms. The Morgan fingerprint density at radius 3 is 2.33 bits per heavy atom. The molecule has 0 aliphatic carbocycles. The van der Waals surface area contributed by atoms with Gasteiger partial charge in [-0.3, -0.25) is 4.79 Å². The number of nitrogens with zero attached hydrogens (tertiary/aromatic N) is 2. The van der Waals surface area contributed by atoms with E-state index in [2.05, 4.69) is 30.9 Å². The Kier molecular flexibility index (Phi) is 3.97. The van der Waals surface area contributed by atoms with E-state index in [1.165, 1.54) is 12.8 Å². The SMILES string of the molecule is CCOC(=O)CC1(N(C)C)CC2CCC(C1)N2C. The Bertz CT molecular complexity index is 303. The number of rotatable bonds is 4. The van der Waals surface area contributed by atoms with Gasteiger partial charge in [-0.15, -0.1) is 0 Å². The maximum absolute atomic E-state index is 11.9. The van der Waals surface area contributed by atoms with Crippen LogP contribution in [0.2, 0.25) is 0 Å². The zero-order valence-electron chi connectivity index (χ0n) is 12.1. The molecule has 0 aromatic heterocycles. The number of fused-ring (bicyclic) bond motifs is 2. The van der Waals surface area contributed by atoms with Gasteiger partial charge in [0.2, 0.25) is 0 Å². The van der Waals surface area contributed by atoms with E-state index in [0.29, 0.717) is 25.1 Å². The van der Waals surface area contributed by atoms with Crippen LogP contribution in [0.4, 0.5) is 0 Å². The minimum atomic E-state index is -0.0462. The largest absolute Gasteiger partial charge is 0.466 e. The summed E-state index contributed by atoms with van der Waals surface area (Å²) in [4.78, 5) is 16.6. The Morgan fingerprint density at radius 2 is 1.89 bits per heavy atom. The van der Waals surface area contributed by atoms with E-state index < -0.39 is 0 Å². The van der Waals surface area contributed by atoms with Crippen LogP contribution >= 0.6 is 0 Å². The molecule has 2 bridgehead atoms. The fourth-order valence-electron chi connectivity index (χ4n) is 3.69. The zero-order chi connectivity index (χ0) is 13.3. The van der Waals surface area contributed by atoms with E-state index in [0.717, 1.165) is 12.8 Å². The molecule has 2 rings (SSSR count). The van der Waals surface area contributed by atoms with Crippen LogP contribution in [0.25, 0.3) is 0 Å². The third-order valence-electron chi connectivity index (χ3n) is 4.94. The molecule has 0 aromatic carbocycles. The highest BCUT2D eigenvalue weighted by Gasteiger charge is 2.49. The molecule has 2 heterocycles. The minimum absolute atomic E-state index is 0.00456. The zero-order valence-corrected chi connectivity index (χ0v) is 12.1. The topological polar surface area (TPSA) is 32.8 Å². The van der Waals surface area contributed by atoms with Crippen LogP contribution in [0.1, 0.15) is 39.0 Å². The predicted molar refractivity (Wildman–Crippen MR) is 71.5 cm³/mol. The number of piperidine rings is 1. The van der Waals surface area contributed by atoms with Crippen molar-refractivity contribution in [2.24, 2.45) is 0 Å². The lowest BCUT2D eigenvalue weighted by Crippen LogP contribution is -2.57. The Morgan fingerprint density at radius 1 is 1.33 bits per heavy atom. The average molecular weight is 254 g/mol. The highest BCUT2D eigenvalue weighted by molar-refractivity contribution is 5.71. The van der Waals surface area contributed by atoms with Crippen molar-refractivity contribution in [1.82, 2.24) is 9.80 Å². The second-order valence-corrected chi connectivity index (χ2v) is 6.06. The number of esters is 1. The first kappa shape index (κ1) is 13.8. The molecule has 2 saturated heterocycles. The minimum Gasteiger partial charge on any atom is -0.466 e. The predicted octanol–water partition coefficient (Wildman–Crippen LogP) is 1.50. The number of carbonyl (C=O) groups is 1. The van der Waals surface area contributed by atoms with Crippen LogP contribution in [-0.4, -0.2) is 61.1 Å². The molecule has 4 nitrogen and oxygen atoms in total. The van der Waals surface area contributed by atoms with Gasteiger partial charge >= 0.3 is 5.97 Å². The first-order valence-electron chi connectivity index (χ1n) is 7.03. The van der Waals surface area contributed by atoms with Crippen LogP contribution in [0.5, 0.6) is 0 Å². The van der Waals surface area contributed by atoms with Gasteiger partial charge in [-0.1, -0.05) is 0 Å². The van der Waals surface area contributed by atoms with Crippen molar-refractivity contribution in [3.63, 3.8) is 0 Å². The quantitative estimate of drug-likeness (QED) is 0.712. The van der Waals surface area contributed by atoms with Crippen LogP contribution in [0, 0.1) is 0 Å². The molecule has 0 amide bonds. The molecule has 0 radical (unpaired) electrons. The Hall–Kier alpha value is -0.610. The summed E-state index contributed by atoms with van der Waals surface area (Å²) in [6.45, 7) is 2.35. The summed E-state index contributed by atoms with van der Waals surface area (Å²) in [5.41, 5.74) is 0.00456. The van der Waals surface area contributed by atoms with Gasteiger partial charge in [0, 0.05) is 17.6 Å². The van der Waals surface area contributed by atoms with Gasteiger partial charge in [-0.05, 0) is 53.8 Å². The monoisotopic (exact) mass is 254 g/mol. The second-order valence-electron chi connectivity index (χ2n) is 6.06. The molecule has 2 fully saturated rings. The summed E-state index contributed by atoms with van der Waals surface area (Å²) in [6, 6.07) is 1.28. The lowest BCUT2D eigenvalue weighted by atomic mass is 9.79. The van der Waals surface area contributed by atoms with Crippen LogP contribution < -0.4 is 0 Å². The van der Waals surface area contributed by atoms with Gasteiger partial charge in [-0.2, -0.15) is 0 Å². The lowest BCUT2D eigenvalue weighted by molar-refractivity contribution is -0.147. The van der Waals surface area contributed by atoms with Crippen LogP contribution in [-0.2, 0) is 9.53 Å². The van der Waals surface area contributed by atoms with E-state index in [1.807, 2.05) is 6.92 Å². The summed E-state index contributed by atoms with van der Waals surface area (Å²) < 4.78 is 5.16. The first-order valence-corrected chi connectivity index (χ1v) is 7.03. The smallest absolute Gasteiger partial charge is 0.307 e. The molecular formula is C14H26N2O2. The molecule has 0 N–H and O–H groups in total. The van der Waals surface area contributed by atoms with Crippen molar-refractivity contribution < 1.29 is 9.53 Å². The van der Waals surface area contributed by atoms with Crippen molar-refractivity contribution in [2.45, 2.75) is 56.7 Å². The third kappa shape index (κ3) is 2.41. The number of carbonyl (C=O) groups excluding carboxylic acids is 1. The molecule has 2 aliphatic heterocycles. The van der Waals surface area contributed by atoms with E-state index in [9.17, 15) is 4.79 Å². The van der Waals surface area contributed by atoms with Crippen molar-refractivity contribution in [2.75, 3.05) is 27.7 Å². The highest BCUT2D eigenvalue weighted by atomic mass is 16.5. The average Bonchev–Trinajstić information content (AvgIpc) is 2.52. The molecule has 2 atom stereocenters. The molecule has 104 valence electrons. The molecule has 0 aromatic rings. The fourth-order valence-corrected chi connectivity index (χ4v) is 3.69. The van der Waals surface area contributed by atoms with E-state index >= 15 is 0 Å². The summed E-state index contributed by atoms with van der Waals surface area (Å²) >= 11 is 0. The molecule has 18 heavy (non-hydrogen) atoms. The van der Waals surface area contributed by atoms with Gasteiger partial charge in [0.05, 0.1) is 13.0 Å². The highest BCUT2D eigenvalue weighted by Crippen LogP contribution is 2.43. The second kappa shape index (κ2) is 5.17. The maximum Gasteiger partial charge on any atom is 0.307 e. The normalized spacial score (nSPS) is 36.1. The van der Waals surface area contributed by atoms with Gasteiger partial charge < -0.3 is 14.5 Å². The maximum atomic E-state index is 11.9. The summed E-state index contributed by atoms with van der Waals surface area (Å²) in [5.74, 6) is -0.0462. The third-order valence-corrected chi connectivity index (χ3v) is 4.94. The first-order chi connectivity index (χ1) is 8.48. The lowest BCUT2D eigenvalue weighted by Gasteiger charge is -2.48. The van der Waals surface area contributed by atoms with E-state index in [-0.39, 0.29) is 11.5 Å². The summed E-state index contributed by atoms with van der Waals surface area (Å²) in [6.07, 6.45) is 5.27. The summed E-state index contributed by atoms with van der Waals surface area (Å²) in [7, 11) is 6.43. The molecule has 2 unspecified atom stereocenters. The van der Waals surface area contributed by atoms with Gasteiger partial charge in [-0.25, -0.2) is 0 Å². The molecule has 0 spiro atoms. The van der Waals surface area contributed by atoms with Gasteiger partial charge in [0.15, 0.2) is 0 Å². The van der Waals surface area contributed by atoms with E-state index in [1.54, 1.807) is 0 Å². The van der Waals surface area contributed by atoms with Crippen molar-refractivity contribution in [3.8, 4) is 0 Å². The van der Waals surface area contributed by atoms with Crippen molar-refractivity contribution in [1.29, 1.82) is 0 Å². The number of hydrogen-bond donors (Lipinski definition) is 0. The number of hydrogen-bond acceptors (Lipinski definition) is 4. The van der Waals surface area contributed by atoms with Crippen molar-refractivity contribution in [3.05, 3.63) is 0 Å². The molecule has 0 saturated carbocycles. The molecular weight excluding hydrogens is 228 g/mol. The van der Waals surface area contributed by atoms with Crippen LogP contribution in [0.15, 0.2) is 0 Å². The Labute approximate surface area is 110 Å². The molecule has 2 aliphatic rings. The van der Waals surface area contributed by atoms with Crippen LogP contribution in [0.3, 0.4) is 0 Å². The fraction of sp³-hybridized carbons (Fsp3) is 0.929. The standard InChI is InChI=1S/C14H26N2O2/c1-5-18-13(17)10-14(15(2)3)8-11-6-7-12(9-14)16(11)4/h11-12H,5-10H2,1-4H3. The van der Waals surface area contributed by atoms with Gasteiger partial charge in [0.1, 0.15) is 0 Å². The number of ether oxygens (including phenoxy) is 1. The van der Waals surface area contributed by atoms with Crippen molar-refractivity contribution >= 4 is 5.97 Å². The summed E-state index contributed by atoms with van der Waals surface area (Å²) in [5, 5.41) is 0. The van der Waals surface area contributed by atoms with E-state index in [4.69, 9.17) is 4.74 Å². The Balaban J connectivity index is 2.11. The van der Waals surface area contributed by atoms with Gasteiger partial charge in [0.25, 0.3) is 0 Å².